The number of aromatic hydroxyl groups is 1. The predicted octanol–water partition coefficient (Wildman–Crippen LogP) is 4.65. The van der Waals surface area contributed by atoms with Crippen molar-refractivity contribution in [2.45, 2.75) is 12.5 Å². The van der Waals surface area contributed by atoms with Gasteiger partial charge < -0.3 is 14.4 Å². The fourth-order valence-electron chi connectivity index (χ4n) is 4.16. The van der Waals surface area contributed by atoms with E-state index in [1.54, 1.807) is 18.2 Å². The molecule has 2 heterocycles. The van der Waals surface area contributed by atoms with Crippen LogP contribution in [0.5, 0.6) is 5.75 Å². The zero-order chi connectivity index (χ0) is 19.1. The summed E-state index contributed by atoms with van der Waals surface area (Å²) in [6, 6.07) is 24.8. The Morgan fingerprint density at radius 1 is 0.893 bits per heavy atom. The molecule has 1 atom stereocenters. The molecule has 1 N–H and O–H groups in total. The summed E-state index contributed by atoms with van der Waals surface area (Å²) in [4.78, 5) is 15.2. The van der Waals surface area contributed by atoms with E-state index in [-0.39, 0.29) is 11.3 Å². The second kappa shape index (κ2) is 6.57. The molecule has 0 aliphatic carbocycles. The standard InChI is InChI=1S/C24H19NO3/c26-23-19-12-6-7-13-20(19)28-24(27)21(23)22-18-11-5-4-8-16(18)14-15-25(22)17-9-2-1-3-10-17/h1-13,22,26H,14-15H2/t22-/m1/s1. The maximum atomic E-state index is 13.0. The minimum atomic E-state index is -0.501. The lowest BCUT2D eigenvalue weighted by Gasteiger charge is -2.39. The first-order valence-electron chi connectivity index (χ1n) is 9.38. The molecule has 4 aromatic rings. The molecule has 4 heteroatoms. The van der Waals surface area contributed by atoms with Gasteiger partial charge in [-0.05, 0) is 41.8 Å². The monoisotopic (exact) mass is 369 g/mol. The van der Waals surface area contributed by atoms with Gasteiger partial charge in [0, 0.05) is 12.2 Å². The van der Waals surface area contributed by atoms with Gasteiger partial charge in [-0.25, -0.2) is 4.79 Å². The molecular weight excluding hydrogens is 350 g/mol. The topological polar surface area (TPSA) is 53.7 Å². The fraction of sp³-hybridized carbons (Fsp3) is 0.125. The van der Waals surface area contributed by atoms with Crippen LogP contribution < -0.4 is 10.5 Å². The molecule has 1 aliphatic rings. The van der Waals surface area contributed by atoms with Gasteiger partial charge in [0.05, 0.1) is 11.4 Å². The minimum absolute atomic E-state index is 0.00511. The normalized spacial score (nSPS) is 16.1. The highest BCUT2D eigenvalue weighted by atomic mass is 16.4. The van der Waals surface area contributed by atoms with E-state index in [1.807, 2.05) is 54.6 Å². The Hall–Kier alpha value is -3.53. The van der Waals surface area contributed by atoms with Gasteiger partial charge in [-0.1, -0.05) is 54.6 Å². The molecule has 0 fully saturated rings. The molecule has 1 aliphatic heterocycles. The maximum Gasteiger partial charge on any atom is 0.345 e. The van der Waals surface area contributed by atoms with Crippen molar-refractivity contribution in [1.29, 1.82) is 0 Å². The number of rotatable bonds is 2. The lowest BCUT2D eigenvalue weighted by atomic mass is 9.87. The third-order valence-corrected chi connectivity index (χ3v) is 5.46. The highest BCUT2D eigenvalue weighted by Gasteiger charge is 2.34. The van der Waals surface area contributed by atoms with E-state index in [0.717, 1.165) is 24.2 Å². The van der Waals surface area contributed by atoms with E-state index in [9.17, 15) is 9.90 Å². The Balaban J connectivity index is 1.80. The van der Waals surface area contributed by atoms with Crippen molar-refractivity contribution in [3.8, 4) is 5.75 Å². The Morgan fingerprint density at radius 3 is 2.46 bits per heavy atom. The van der Waals surface area contributed by atoms with Crippen LogP contribution in [0, 0.1) is 0 Å². The van der Waals surface area contributed by atoms with E-state index in [4.69, 9.17) is 4.42 Å². The molecular formula is C24H19NO3. The Morgan fingerprint density at radius 2 is 1.61 bits per heavy atom. The van der Waals surface area contributed by atoms with E-state index in [1.165, 1.54) is 5.56 Å². The highest BCUT2D eigenvalue weighted by Crippen LogP contribution is 2.41. The van der Waals surface area contributed by atoms with Gasteiger partial charge in [-0.15, -0.1) is 0 Å². The van der Waals surface area contributed by atoms with Crippen molar-refractivity contribution in [3.05, 3.63) is 106 Å². The number of para-hydroxylation sites is 2. The summed E-state index contributed by atoms with van der Waals surface area (Å²) < 4.78 is 5.58. The summed E-state index contributed by atoms with van der Waals surface area (Å²) in [5, 5.41) is 11.6. The Bertz CT molecular complexity index is 1210. The average Bonchev–Trinajstić information content (AvgIpc) is 2.74. The van der Waals surface area contributed by atoms with Crippen LogP contribution in [0.2, 0.25) is 0 Å². The van der Waals surface area contributed by atoms with Crippen molar-refractivity contribution >= 4 is 16.7 Å². The molecule has 138 valence electrons. The summed E-state index contributed by atoms with van der Waals surface area (Å²) in [5.41, 5.74) is 3.40. The van der Waals surface area contributed by atoms with Crippen LogP contribution in [0.1, 0.15) is 22.7 Å². The van der Waals surface area contributed by atoms with Gasteiger partial charge in [0.15, 0.2) is 0 Å². The minimum Gasteiger partial charge on any atom is -0.507 e. The van der Waals surface area contributed by atoms with Gasteiger partial charge in [0.2, 0.25) is 0 Å². The molecule has 0 saturated carbocycles. The number of fused-ring (bicyclic) bond motifs is 2. The second-order valence-corrected chi connectivity index (χ2v) is 7.03. The van der Waals surface area contributed by atoms with E-state index >= 15 is 0 Å². The molecule has 5 rings (SSSR count). The summed E-state index contributed by atoms with van der Waals surface area (Å²) in [6.07, 6.45) is 0.876. The average molecular weight is 369 g/mol. The van der Waals surface area contributed by atoms with Crippen LogP contribution in [0.3, 0.4) is 0 Å². The van der Waals surface area contributed by atoms with Crippen molar-refractivity contribution in [2.75, 3.05) is 11.4 Å². The quantitative estimate of drug-likeness (QED) is 0.523. The molecule has 0 radical (unpaired) electrons. The molecule has 0 amide bonds. The van der Waals surface area contributed by atoms with Gasteiger partial charge in [-0.3, -0.25) is 0 Å². The third kappa shape index (κ3) is 2.57. The summed E-state index contributed by atoms with van der Waals surface area (Å²) in [6.45, 7) is 0.747. The van der Waals surface area contributed by atoms with Gasteiger partial charge in [-0.2, -0.15) is 0 Å². The first-order valence-corrected chi connectivity index (χ1v) is 9.38. The molecule has 4 nitrogen and oxygen atoms in total. The zero-order valence-corrected chi connectivity index (χ0v) is 15.2. The van der Waals surface area contributed by atoms with Crippen LogP contribution in [-0.4, -0.2) is 11.7 Å². The van der Waals surface area contributed by atoms with Crippen molar-refractivity contribution in [2.24, 2.45) is 0 Å². The number of hydrogen-bond acceptors (Lipinski definition) is 4. The van der Waals surface area contributed by atoms with E-state index in [2.05, 4.69) is 11.0 Å². The summed E-state index contributed by atoms with van der Waals surface area (Å²) in [5.74, 6) is -0.00511. The van der Waals surface area contributed by atoms with Crippen molar-refractivity contribution < 1.29 is 9.52 Å². The first kappa shape index (κ1) is 16.6. The molecule has 1 aromatic heterocycles. The molecule has 3 aromatic carbocycles. The lowest BCUT2D eigenvalue weighted by Crippen LogP contribution is -2.38. The van der Waals surface area contributed by atoms with Crippen LogP contribution >= 0.6 is 0 Å². The number of nitrogens with zero attached hydrogens (tertiary/aromatic N) is 1. The van der Waals surface area contributed by atoms with Crippen LogP contribution in [-0.2, 0) is 6.42 Å². The van der Waals surface area contributed by atoms with Crippen molar-refractivity contribution in [1.82, 2.24) is 0 Å². The van der Waals surface area contributed by atoms with Crippen LogP contribution in [0.25, 0.3) is 11.0 Å². The molecule has 0 bridgehead atoms. The van der Waals surface area contributed by atoms with Gasteiger partial charge >= 0.3 is 5.63 Å². The van der Waals surface area contributed by atoms with E-state index in [0.29, 0.717) is 11.0 Å². The highest BCUT2D eigenvalue weighted by molar-refractivity contribution is 5.84. The molecule has 0 spiro atoms. The number of benzene rings is 3. The Kier molecular flexibility index (Phi) is 3.90. The van der Waals surface area contributed by atoms with E-state index < -0.39 is 11.7 Å². The SMILES string of the molecule is O=c1oc2ccccc2c(O)c1[C@H]1c2ccccc2CCN1c1ccccc1. The maximum absolute atomic E-state index is 13.0. The third-order valence-electron chi connectivity index (χ3n) is 5.46. The summed E-state index contributed by atoms with van der Waals surface area (Å²) >= 11 is 0. The van der Waals surface area contributed by atoms with Gasteiger partial charge in [0.1, 0.15) is 16.9 Å². The molecule has 0 saturated heterocycles. The molecule has 28 heavy (non-hydrogen) atoms. The van der Waals surface area contributed by atoms with Gasteiger partial charge in [0.25, 0.3) is 0 Å². The number of anilines is 1. The fourth-order valence-corrected chi connectivity index (χ4v) is 4.16. The summed E-state index contributed by atoms with van der Waals surface area (Å²) in [7, 11) is 0. The molecule has 0 unspecified atom stereocenters. The van der Waals surface area contributed by atoms with Crippen LogP contribution in [0.4, 0.5) is 5.69 Å². The first-order chi connectivity index (χ1) is 13.7. The van der Waals surface area contributed by atoms with Crippen LogP contribution in [0.15, 0.2) is 88.1 Å². The zero-order valence-electron chi connectivity index (χ0n) is 15.2. The lowest BCUT2D eigenvalue weighted by molar-refractivity contribution is 0.446. The second-order valence-electron chi connectivity index (χ2n) is 7.03. The smallest absolute Gasteiger partial charge is 0.345 e. The predicted molar refractivity (Wildman–Crippen MR) is 110 cm³/mol. The number of hydrogen-bond donors (Lipinski definition) is 1. The largest absolute Gasteiger partial charge is 0.507 e. The van der Waals surface area contributed by atoms with Crippen molar-refractivity contribution in [3.63, 3.8) is 0 Å². The Labute approximate surface area is 162 Å².